The van der Waals surface area contributed by atoms with Gasteiger partial charge >= 0.3 is 0 Å². The Kier molecular flexibility index (Phi) is 3.24. The minimum absolute atomic E-state index is 0.552. The molecule has 0 fully saturated rings. The predicted octanol–water partition coefficient (Wildman–Crippen LogP) is 1.51. The zero-order valence-corrected chi connectivity index (χ0v) is 10.7. The highest BCUT2D eigenvalue weighted by atomic mass is 16.5. The standard InChI is InChI=1S/C13H15N5O/c1-2-19-9-12-7-17(10-14-12)6-11-8-18-13(16-11)4-3-5-15-18/h3-5,7-8,10H,2,6,9H2,1H3. The van der Waals surface area contributed by atoms with Crippen LogP contribution in [0.2, 0.25) is 0 Å². The topological polar surface area (TPSA) is 57.2 Å². The lowest BCUT2D eigenvalue weighted by Gasteiger charge is -1.97. The number of hydrogen-bond donors (Lipinski definition) is 0. The van der Waals surface area contributed by atoms with E-state index < -0.39 is 0 Å². The average Bonchev–Trinajstić information content (AvgIpc) is 3.02. The maximum absolute atomic E-state index is 5.33. The molecule has 0 radical (unpaired) electrons. The molecule has 0 amide bonds. The van der Waals surface area contributed by atoms with Crippen LogP contribution in [0.1, 0.15) is 18.3 Å². The number of aromatic nitrogens is 5. The van der Waals surface area contributed by atoms with Gasteiger partial charge in [0.05, 0.1) is 37.1 Å². The monoisotopic (exact) mass is 257 g/mol. The summed E-state index contributed by atoms with van der Waals surface area (Å²) in [6.07, 6.45) is 7.45. The van der Waals surface area contributed by atoms with Crippen molar-refractivity contribution in [1.82, 2.24) is 24.1 Å². The van der Waals surface area contributed by atoms with Crippen molar-refractivity contribution in [2.24, 2.45) is 0 Å². The average molecular weight is 257 g/mol. The first-order valence-corrected chi connectivity index (χ1v) is 6.23. The van der Waals surface area contributed by atoms with Crippen LogP contribution in [0.5, 0.6) is 0 Å². The van der Waals surface area contributed by atoms with Crippen LogP contribution in [0, 0.1) is 0 Å². The minimum Gasteiger partial charge on any atom is -0.375 e. The van der Waals surface area contributed by atoms with E-state index in [0.29, 0.717) is 19.8 Å². The summed E-state index contributed by atoms with van der Waals surface area (Å²) >= 11 is 0. The van der Waals surface area contributed by atoms with Gasteiger partial charge in [-0.2, -0.15) is 5.10 Å². The molecule has 0 aliphatic heterocycles. The molecule has 0 saturated heterocycles. The lowest BCUT2D eigenvalue weighted by molar-refractivity contribution is 0.131. The Morgan fingerprint density at radius 1 is 1.26 bits per heavy atom. The quantitative estimate of drug-likeness (QED) is 0.695. The molecule has 3 heterocycles. The summed E-state index contributed by atoms with van der Waals surface area (Å²) in [4.78, 5) is 8.79. The molecular weight excluding hydrogens is 242 g/mol. The maximum Gasteiger partial charge on any atom is 0.153 e. The second-order valence-corrected chi connectivity index (χ2v) is 4.23. The molecule has 98 valence electrons. The Labute approximate surface area is 110 Å². The van der Waals surface area contributed by atoms with Crippen molar-refractivity contribution in [3.8, 4) is 0 Å². The third-order valence-electron chi connectivity index (χ3n) is 2.77. The first kappa shape index (κ1) is 11.9. The van der Waals surface area contributed by atoms with E-state index in [1.165, 1.54) is 0 Å². The molecule has 0 bridgehead atoms. The predicted molar refractivity (Wildman–Crippen MR) is 69.6 cm³/mol. The first-order chi connectivity index (χ1) is 9.35. The SMILES string of the molecule is CCOCc1cn(Cc2cn3ncccc3n2)cn1. The number of rotatable bonds is 5. The number of fused-ring (bicyclic) bond motifs is 1. The van der Waals surface area contributed by atoms with Gasteiger partial charge in [-0.25, -0.2) is 14.5 Å². The van der Waals surface area contributed by atoms with Crippen LogP contribution >= 0.6 is 0 Å². The van der Waals surface area contributed by atoms with E-state index in [4.69, 9.17) is 4.74 Å². The largest absolute Gasteiger partial charge is 0.375 e. The molecule has 0 aromatic carbocycles. The molecule has 0 spiro atoms. The van der Waals surface area contributed by atoms with E-state index >= 15 is 0 Å². The molecule has 19 heavy (non-hydrogen) atoms. The van der Waals surface area contributed by atoms with Crippen LogP contribution in [-0.2, 0) is 17.9 Å². The van der Waals surface area contributed by atoms with Gasteiger partial charge in [-0.15, -0.1) is 0 Å². The Balaban J connectivity index is 1.75. The minimum atomic E-state index is 0.552. The molecule has 0 unspecified atom stereocenters. The molecule has 3 aromatic heterocycles. The summed E-state index contributed by atoms with van der Waals surface area (Å²) < 4.78 is 9.09. The van der Waals surface area contributed by atoms with Gasteiger partial charge in [-0.05, 0) is 19.1 Å². The van der Waals surface area contributed by atoms with Crippen LogP contribution in [0.15, 0.2) is 37.1 Å². The highest BCUT2D eigenvalue weighted by Gasteiger charge is 2.04. The van der Waals surface area contributed by atoms with Crippen molar-refractivity contribution in [1.29, 1.82) is 0 Å². The number of imidazole rings is 2. The molecular formula is C13H15N5O. The van der Waals surface area contributed by atoms with Crippen molar-refractivity contribution < 1.29 is 4.74 Å². The lowest BCUT2D eigenvalue weighted by Crippen LogP contribution is -1.97. The van der Waals surface area contributed by atoms with Crippen LogP contribution in [0.25, 0.3) is 5.65 Å². The summed E-state index contributed by atoms with van der Waals surface area (Å²) in [7, 11) is 0. The smallest absolute Gasteiger partial charge is 0.153 e. The fourth-order valence-electron chi connectivity index (χ4n) is 1.92. The van der Waals surface area contributed by atoms with Gasteiger partial charge in [0.2, 0.25) is 0 Å². The number of ether oxygens (including phenoxy) is 1. The highest BCUT2D eigenvalue weighted by molar-refractivity contribution is 5.37. The summed E-state index contributed by atoms with van der Waals surface area (Å²) in [6, 6.07) is 3.81. The molecule has 0 N–H and O–H groups in total. The van der Waals surface area contributed by atoms with E-state index in [1.54, 1.807) is 17.0 Å². The van der Waals surface area contributed by atoms with Crippen molar-refractivity contribution in [3.05, 3.63) is 48.4 Å². The Hall–Kier alpha value is -2.21. The van der Waals surface area contributed by atoms with Gasteiger partial charge in [0.1, 0.15) is 0 Å². The molecule has 6 nitrogen and oxygen atoms in total. The van der Waals surface area contributed by atoms with Crippen LogP contribution in [-0.4, -0.2) is 30.8 Å². The Morgan fingerprint density at radius 3 is 3.05 bits per heavy atom. The lowest BCUT2D eigenvalue weighted by atomic mass is 10.4. The Bertz CT molecular complexity index is 639. The molecule has 6 heteroatoms. The van der Waals surface area contributed by atoms with Crippen molar-refractivity contribution in [2.75, 3.05) is 6.61 Å². The van der Waals surface area contributed by atoms with E-state index in [-0.39, 0.29) is 0 Å². The second kappa shape index (κ2) is 5.19. The van der Waals surface area contributed by atoms with Gasteiger partial charge < -0.3 is 9.30 Å². The van der Waals surface area contributed by atoms with Gasteiger partial charge in [-0.1, -0.05) is 0 Å². The fraction of sp³-hybridized carbons (Fsp3) is 0.308. The van der Waals surface area contributed by atoms with Gasteiger partial charge in [0, 0.05) is 19.0 Å². The Morgan fingerprint density at radius 2 is 2.21 bits per heavy atom. The van der Waals surface area contributed by atoms with E-state index in [9.17, 15) is 0 Å². The molecule has 0 aliphatic rings. The number of nitrogens with zero attached hydrogens (tertiary/aromatic N) is 5. The fourth-order valence-corrected chi connectivity index (χ4v) is 1.92. The highest BCUT2D eigenvalue weighted by Crippen LogP contribution is 2.06. The molecule has 0 saturated carbocycles. The maximum atomic E-state index is 5.33. The van der Waals surface area contributed by atoms with E-state index in [0.717, 1.165) is 17.0 Å². The van der Waals surface area contributed by atoms with Crippen LogP contribution < -0.4 is 0 Å². The normalized spacial score (nSPS) is 11.2. The summed E-state index contributed by atoms with van der Waals surface area (Å²) in [6.45, 7) is 3.91. The van der Waals surface area contributed by atoms with Crippen molar-refractivity contribution in [3.63, 3.8) is 0 Å². The van der Waals surface area contributed by atoms with Crippen molar-refractivity contribution in [2.45, 2.75) is 20.1 Å². The third kappa shape index (κ3) is 2.63. The van der Waals surface area contributed by atoms with Gasteiger partial charge in [0.15, 0.2) is 5.65 Å². The van der Waals surface area contributed by atoms with Gasteiger partial charge in [0.25, 0.3) is 0 Å². The first-order valence-electron chi connectivity index (χ1n) is 6.23. The molecule has 3 aromatic rings. The summed E-state index contributed by atoms with van der Waals surface area (Å²) in [5.74, 6) is 0. The third-order valence-corrected chi connectivity index (χ3v) is 2.77. The molecule has 3 rings (SSSR count). The van der Waals surface area contributed by atoms with Crippen LogP contribution in [0.3, 0.4) is 0 Å². The summed E-state index contributed by atoms with van der Waals surface area (Å²) in [5, 5.41) is 4.20. The van der Waals surface area contributed by atoms with Crippen molar-refractivity contribution >= 4 is 5.65 Å². The summed E-state index contributed by atoms with van der Waals surface area (Å²) in [5.41, 5.74) is 2.75. The molecule has 0 aliphatic carbocycles. The zero-order chi connectivity index (χ0) is 13.1. The van der Waals surface area contributed by atoms with E-state index in [2.05, 4.69) is 15.1 Å². The zero-order valence-electron chi connectivity index (χ0n) is 10.7. The van der Waals surface area contributed by atoms with Crippen LogP contribution in [0.4, 0.5) is 0 Å². The number of hydrogen-bond acceptors (Lipinski definition) is 4. The van der Waals surface area contributed by atoms with Gasteiger partial charge in [-0.3, -0.25) is 0 Å². The second-order valence-electron chi connectivity index (χ2n) is 4.23. The molecule has 0 atom stereocenters. The van der Waals surface area contributed by atoms with E-state index in [1.807, 2.05) is 36.0 Å².